The van der Waals surface area contributed by atoms with Gasteiger partial charge in [-0.05, 0) is 34.9 Å². The van der Waals surface area contributed by atoms with Crippen LogP contribution in [0.5, 0.6) is 0 Å². The van der Waals surface area contributed by atoms with E-state index in [2.05, 4.69) is 56.9 Å². The van der Waals surface area contributed by atoms with Crippen molar-refractivity contribution < 1.29 is 0 Å². The van der Waals surface area contributed by atoms with Crippen molar-refractivity contribution in [2.75, 3.05) is 0 Å². The van der Waals surface area contributed by atoms with Crippen LogP contribution >= 0.6 is 0 Å². The molecule has 2 rings (SSSR count). The number of H-pyrrole nitrogens is 1. The number of rotatable bonds is 2. The van der Waals surface area contributed by atoms with Gasteiger partial charge in [-0.15, -0.1) is 0 Å². The molecule has 0 aliphatic carbocycles. The van der Waals surface area contributed by atoms with Gasteiger partial charge in [0, 0.05) is 11.2 Å². The van der Waals surface area contributed by atoms with Crippen LogP contribution in [0.3, 0.4) is 0 Å². The Hall–Kier alpha value is -1.24. The van der Waals surface area contributed by atoms with Crippen LogP contribution in [0.25, 0.3) is 10.9 Å². The fourth-order valence-corrected chi connectivity index (χ4v) is 1.84. The number of hydrogen-bond acceptors (Lipinski definition) is 0. The summed E-state index contributed by atoms with van der Waals surface area (Å²) < 4.78 is 0. The minimum absolute atomic E-state index is 0. The summed E-state index contributed by atoms with van der Waals surface area (Å²) in [5.41, 5.74) is 4.00. The molecular weight excluding hydrogens is 194 g/mol. The third kappa shape index (κ3) is 2.29. The molecule has 0 saturated heterocycles. The lowest BCUT2D eigenvalue weighted by atomic mass is 10.0. The summed E-state index contributed by atoms with van der Waals surface area (Å²) in [6.45, 7) is 8.89. The molecule has 1 aromatic heterocycles. The third-order valence-corrected chi connectivity index (χ3v) is 2.96. The van der Waals surface area contributed by atoms with Crippen molar-refractivity contribution >= 4 is 10.9 Å². The number of fused-ring (bicyclic) bond motifs is 1. The SMILES string of the molecule is C.CC(C)c1ccc2cc(C(C)C)[nH]c2c1. The van der Waals surface area contributed by atoms with Gasteiger partial charge in [0.2, 0.25) is 0 Å². The lowest BCUT2D eigenvalue weighted by Gasteiger charge is -2.04. The predicted octanol–water partition coefficient (Wildman–Crippen LogP) is 5.05. The van der Waals surface area contributed by atoms with E-state index in [-0.39, 0.29) is 7.43 Å². The van der Waals surface area contributed by atoms with Crippen LogP contribution < -0.4 is 0 Å². The fourth-order valence-electron chi connectivity index (χ4n) is 1.84. The van der Waals surface area contributed by atoms with Crippen LogP contribution in [0.2, 0.25) is 0 Å². The zero-order chi connectivity index (χ0) is 11.0. The molecule has 0 unspecified atom stereocenters. The van der Waals surface area contributed by atoms with Gasteiger partial charge in [-0.1, -0.05) is 47.3 Å². The van der Waals surface area contributed by atoms with E-state index in [1.54, 1.807) is 0 Å². The molecule has 0 amide bonds. The van der Waals surface area contributed by atoms with E-state index in [0.29, 0.717) is 11.8 Å². The van der Waals surface area contributed by atoms with Gasteiger partial charge >= 0.3 is 0 Å². The quantitative estimate of drug-likeness (QED) is 0.724. The van der Waals surface area contributed by atoms with Crippen molar-refractivity contribution in [1.29, 1.82) is 0 Å². The van der Waals surface area contributed by atoms with E-state index in [1.165, 1.54) is 22.2 Å². The molecule has 0 aliphatic rings. The summed E-state index contributed by atoms with van der Waals surface area (Å²) in [6.07, 6.45) is 0. The minimum Gasteiger partial charge on any atom is -0.358 e. The first-order valence-electron chi connectivity index (χ1n) is 5.70. The highest BCUT2D eigenvalue weighted by molar-refractivity contribution is 5.81. The lowest BCUT2D eigenvalue weighted by molar-refractivity contribution is 0.836. The van der Waals surface area contributed by atoms with E-state index in [0.717, 1.165) is 0 Å². The second-order valence-electron chi connectivity index (χ2n) is 4.88. The Morgan fingerprint density at radius 1 is 0.938 bits per heavy atom. The smallest absolute Gasteiger partial charge is 0.0459 e. The van der Waals surface area contributed by atoms with Crippen molar-refractivity contribution in [3.8, 4) is 0 Å². The van der Waals surface area contributed by atoms with Crippen molar-refractivity contribution in [3.05, 3.63) is 35.5 Å². The highest BCUT2D eigenvalue weighted by Crippen LogP contribution is 2.24. The maximum atomic E-state index is 3.49. The summed E-state index contributed by atoms with van der Waals surface area (Å²) in [5.74, 6) is 1.17. The van der Waals surface area contributed by atoms with Crippen LogP contribution in [0.1, 0.15) is 58.2 Å². The molecule has 1 N–H and O–H groups in total. The van der Waals surface area contributed by atoms with Gasteiger partial charge in [-0.25, -0.2) is 0 Å². The van der Waals surface area contributed by atoms with Crippen LogP contribution in [0.4, 0.5) is 0 Å². The largest absolute Gasteiger partial charge is 0.358 e. The van der Waals surface area contributed by atoms with Gasteiger partial charge in [-0.3, -0.25) is 0 Å². The normalized spacial score (nSPS) is 11.1. The molecule has 0 radical (unpaired) electrons. The first kappa shape index (κ1) is 12.8. The van der Waals surface area contributed by atoms with Crippen molar-refractivity contribution in [3.63, 3.8) is 0 Å². The Morgan fingerprint density at radius 3 is 2.19 bits per heavy atom. The Morgan fingerprint density at radius 2 is 1.62 bits per heavy atom. The van der Waals surface area contributed by atoms with Crippen molar-refractivity contribution in [1.82, 2.24) is 4.98 Å². The van der Waals surface area contributed by atoms with Gasteiger partial charge < -0.3 is 4.98 Å². The fraction of sp³-hybridized carbons (Fsp3) is 0.467. The molecule has 16 heavy (non-hydrogen) atoms. The highest BCUT2D eigenvalue weighted by Gasteiger charge is 2.06. The molecule has 0 atom stereocenters. The van der Waals surface area contributed by atoms with E-state index >= 15 is 0 Å². The van der Waals surface area contributed by atoms with E-state index in [9.17, 15) is 0 Å². The monoisotopic (exact) mass is 217 g/mol. The van der Waals surface area contributed by atoms with Gasteiger partial charge in [-0.2, -0.15) is 0 Å². The maximum absolute atomic E-state index is 3.49. The average Bonchev–Trinajstić information content (AvgIpc) is 2.59. The number of aromatic amines is 1. The maximum Gasteiger partial charge on any atom is 0.0459 e. The van der Waals surface area contributed by atoms with Crippen molar-refractivity contribution in [2.45, 2.75) is 47.0 Å². The Kier molecular flexibility index (Phi) is 3.79. The zero-order valence-electron chi connectivity index (χ0n) is 9.96. The number of hydrogen-bond donors (Lipinski definition) is 1. The van der Waals surface area contributed by atoms with E-state index in [1.807, 2.05) is 0 Å². The molecule has 1 nitrogen and oxygen atoms in total. The molecular formula is C15H23N. The van der Waals surface area contributed by atoms with Crippen LogP contribution in [0.15, 0.2) is 24.3 Å². The molecule has 0 fully saturated rings. The molecule has 0 bridgehead atoms. The molecule has 0 aliphatic heterocycles. The van der Waals surface area contributed by atoms with Crippen LogP contribution in [-0.4, -0.2) is 4.98 Å². The number of nitrogens with one attached hydrogen (secondary N) is 1. The Bertz CT molecular complexity index is 457. The minimum atomic E-state index is 0. The summed E-state index contributed by atoms with van der Waals surface area (Å²) >= 11 is 0. The van der Waals surface area contributed by atoms with E-state index in [4.69, 9.17) is 0 Å². The van der Waals surface area contributed by atoms with Gasteiger partial charge in [0.25, 0.3) is 0 Å². The predicted molar refractivity (Wildman–Crippen MR) is 73.2 cm³/mol. The Balaban J connectivity index is 0.00000128. The molecule has 88 valence electrons. The summed E-state index contributed by atoms with van der Waals surface area (Å²) in [5, 5.41) is 1.32. The highest BCUT2D eigenvalue weighted by atomic mass is 14.7. The Labute approximate surface area is 98.9 Å². The molecule has 1 heteroatoms. The number of aromatic nitrogens is 1. The molecule has 0 saturated carbocycles. The molecule has 1 heterocycles. The first-order chi connectivity index (χ1) is 7.08. The van der Waals surface area contributed by atoms with Gasteiger partial charge in [0.1, 0.15) is 0 Å². The number of benzene rings is 1. The first-order valence-corrected chi connectivity index (χ1v) is 5.70. The summed E-state index contributed by atoms with van der Waals surface area (Å²) in [7, 11) is 0. The summed E-state index contributed by atoms with van der Waals surface area (Å²) in [6, 6.07) is 8.97. The van der Waals surface area contributed by atoms with Crippen molar-refractivity contribution in [2.24, 2.45) is 0 Å². The summed E-state index contributed by atoms with van der Waals surface area (Å²) in [4.78, 5) is 3.49. The van der Waals surface area contributed by atoms with Crippen LogP contribution in [-0.2, 0) is 0 Å². The molecule has 1 aromatic carbocycles. The van der Waals surface area contributed by atoms with Gasteiger partial charge in [0.15, 0.2) is 0 Å². The van der Waals surface area contributed by atoms with E-state index < -0.39 is 0 Å². The third-order valence-electron chi connectivity index (χ3n) is 2.96. The second kappa shape index (κ2) is 4.73. The average molecular weight is 217 g/mol. The second-order valence-corrected chi connectivity index (χ2v) is 4.88. The molecule has 0 spiro atoms. The van der Waals surface area contributed by atoms with Crippen LogP contribution in [0, 0.1) is 0 Å². The topological polar surface area (TPSA) is 15.8 Å². The van der Waals surface area contributed by atoms with Gasteiger partial charge in [0.05, 0.1) is 0 Å². The lowest BCUT2D eigenvalue weighted by Crippen LogP contribution is -1.86. The standard InChI is InChI=1S/C14H19N.CH4/c1-9(2)11-5-6-12-8-13(10(3)4)15-14(12)7-11;/h5-10,15H,1-4H3;1H4. The molecule has 2 aromatic rings. The zero-order valence-corrected chi connectivity index (χ0v) is 9.96.